The van der Waals surface area contributed by atoms with Gasteiger partial charge in [-0.25, -0.2) is 0 Å². The first-order valence-electron chi connectivity index (χ1n) is 9.37. The van der Waals surface area contributed by atoms with Gasteiger partial charge in [-0.2, -0.15) is 0 Å². The van der Waals surface area contributed by atoms with Crippen LogP contribution < -0.4 is 15.9 Å². The number of rotatable bonds is 4. The molecule has 1 fully saturated rings. The van der Waals surface area contributed by atoms with E-state index in [1.165, 1.54) is 15.9 Å². The Morgan fingerprint density at radius 1 is 0.615 bits per heavy atom. The van der Waals surface area contributed by atoms with Crippen molar-refractivity contribution >= 4 is 22.7 Å². The van der Waals surface area contributed by atoms with E-state index in [9.17, 15) is 5.21 Å². The first-order valence-corrected chi connectivity index (χ1v) is 12.0. The molecule has 1 aliphatic rings. The monoisotopic (exact) mass is 363 g/mol. The molecule has 26 heavy (non-hydrogen) atoms. The standard InChI is InChI=1S/C23H26NOP/c1-26(21-13-5-2-6-14-21,22-15-7-3-8-16-22,23-17-9-4-10-18-23)24(25)19-11-12-20-24/h2-10,13-18H,11-12,19-20H2,1H3. The average Bonchev–Trinajstić information content (AvgIpc) is 3.18. The molecule has 1 heterocycles. The van der Waals surface area contributed by atoms with Crippen LogP contribution in [0.3, 0.4) is 0 Å². The molecule has 1 saturated heterocycles. The molecule has 0 aliphatic carbocycles. The zero-order chi connectivity index (χ0) is 18.1. The number of hydrogen-bond acceptors (Lipinski definition) is 1. The Balaban J connectivity index is 2.19. The molecule has 0 aromatic heterocycles. The summed E-state index contributed by atoms with van der Waals surface area (Å²) in [7, 11) is 0. The minimum atomic E-state index is -3.25. The average molecular weight is 363 g/mol. The van der Waals surface area contributed by atoms with Gasteiger partial charge in [0.25, 0.3) is 0 Å². The van der Waals surface area contributed by atoms with Gasteiger partial charge in [0, 0.05) is 0 Å². The Kier molecular flexibility index (Phi) is 4.23. The summed E-state index contributed by atoms with van der Waals surface area (Å²) in [5.74, 6) is 0. The first-order chi connectivity index (χ1) is 12.6. The molecule has 0 radical (unpaired) electrons. The molecule has 0 amide bonds. The molecule has 0 saturated carbocycles. The van der Waals surface area contributed by atoms with E-state index < -0.39 is 6.75 Å². The number of nitrogens with zero attached hydrogens (tertiary/aromatic N) is 1. The van der Waals surface area contributed by atoms with Crippen molar-refractivity contribution in [2.75, 3.05) is 19.8 Å². The Labute approximate surface area is 156 Å². The zero-order valence-electron chi connectivity index (χ0n) is 15.3. The third-order valence-electron chi connectivity index (χ3n) is 6.34. The van der Waals surface area contributed by atoms with Gasteiger partial charge >= 0.3 is 156 Å². The van der Waals surface area contributed by atoms with E-state index in [4.69, 9.17) is 0 Å². The van der Waals surface area contributed by atoms with E-state index in [1.54, 1.807) is 0 Å². The summed E-state index contributed by atoms with van der Waals surface area (Å²) in [6.45, 7) is 0.418. The van der Waals surface area contributed by atoms with E-state index in [1.807, 2.05) is 18.2 Å². The molecule has 3 aromatic carbocycles. The van der Waals surface area contributed by atoms with Crippen LogP contribution in [0.15, 0.2) is 91.0 Å². The van der Waals surface area contributed by atoms with Crippen LogP contribution in [0, 0.1) is 5.21 Å². The van der Waals surface area contributed by atoms with Crippen molar-refractivity contribution in [3.63, 3.8) is 0 Å². The first kappa shape index (κ1) is 17.4. The fraction of sp³-hybridized carbons (Fsp3) is 0.217. The molecule has 134 valence electrons. The SMILES string of the molecule is CP(c1ccccc1)(c1ccccc1)(c1ccccc1)[N+]1([O-])CCCC1. The van der Waals surface area contributed by atoms with E-state index in [-0.39, 0.29) is 4.42 Å². The fourth-order valence-electron chi connectivity index (χ4n) is 4.79. The third kappa shape index (κ3) is 2.16. The van der Waals surface area contributed by atoms with E-state index in [2.05, 4.69) is 79.5 Å². The van der Waals surface area contributed by atoms with Gasteiger partial charge in [0.05, 0.1) is 0 Å². The summed E-state index contributed by atoms with van der Waals surface area (Å²) >= 11 is 0. The second-order valence-corrected chi connectivity index (χ2v) is 12.8. The number of benzene rings is 3. The Hall–Kier alpha value is -1.99. The van der Waals surface area contributed by atoms with Gasteiger partial charge in [0.15, 0.2) is 0 Å². The molecule has 2 nitrogen and oxygen atoms in total. The molecule has 3 heteroatoms. The molecule has 0 spiro atoms. The Morgan fingerprint density at radius 2 is 0.923 bits per heavy atom. The summed E-state index contributed by atoms with van der Waals surface area (Å²) in [6.07, 6.45) is 2.00. The molecule has 0 unspecified atom stereocenters. The number of quaternary nitrogens is 1. The molecule has 1 aliphatic heterocycles. The van der Waals surface area contributed by atoms with Gasteiger partial charge in [0.1, 0.15) is 0 Å². The van der Waals surface area contributed by atoms with Crippen LogP contribution in [0.1, 0.15) is 12.8 Å². The van der Waals surface area contributed by atoms with Gasteiger partial charge in [-0.15, -0.1) is 0 Å². The summed E-state index contributed by atoms with van der Waals surface area (Å²) < 4.78 is -0.121. The van der Waals surface area contributed by atoms with Crippen LogP contribution in [0.2, 0.25) is 0 Å². The summed E-state index contributed by atoms with van der Waals surface area (Å²) in [6, 6.07) is 31.6. The molecule has 0 bridgehead atoms. The van der Waals surface area contributed by atoms with Gasteiger partial charge in [-0.05, 0) is 0 Å². The Bertz CT molecular complexity index is 774. The predicted molar refractivity (Wildman–Crippen MR) is 114 cm³/mol. The molecular formula is C23H26NOP. The van der Waals surface area contributed by atoms with Crippen LogP contribution in [-0.2, 0) is 0 Å². The van der Waals surface area contributed by atoms with Gasteiger partial charge in [0.2, 0.25) is 0 Å². The van der Waals surface area contributed by atoms with Crippen molar-refractivity contribution in [3.05, 3.63) is 96.2 Å². The predicted octanol–water partition coefficient (Wildman–Crippen LogP) is 4.17. The quantitative estimate of drug-likeness (QED) is 0.504. The van der Waals surface area contributed by atoms with Crippen molar-refractivity contribution in [2.45, 2.75) is 12.8 Å². The van der Waals surface area contributed by atoms with Crippen molar-refractivity contribution in [1.29, 1.82) is 0 Å². The van der Waals surface area contributed by atoms with Crippen LogP contribution in [-0.4, -0.2) is 24.2 Å². The van der Waals surface area contributed by atoms with Crippen molar-refractivity contribution in [2.24, 2.45) is 0 Å². The molecule has 3 aromatic rings. The second kappa shape index (κ2) is 6.32. The summed E-state index contributed by atoms with van der Waals surface area (Å²) in [4.78, 5) is 0. The van der Waals surface area contributed by atoms with Crippen molar-refractivity contribution in [1.82, 2.24) is 0 Å². The zero-order valence-corrected chi connectivity index (χ0v) is 16.2. The summed E-state index contributed by atoms with van der Waals surface area (Å²) in [5, 5.41) is 18.2. The number of hydroxylamine groups is 2. The maximum absolute atomic E-state index is 14.6. The fourth-order valence-corrected chi connectivity index (χ4v) is 10.9. The molecule has 0 N–H and O–H groups in total. The Morgan fingerprint density at radius 3 is 1.23 bits per heavy atom. The van der Waals surface area contributed by atoms with Crippen LogP contribution in [0.4, 0.5) is 0 Å². The van der Waals surface area contributed by atoms with Gasteiger partial charge < -0.3 is 0 Å². The van der Waals surface area contributed by atoms with Gasteiger partial charge in [-0.1, -0.05) is 0 Å². The van der Waals surface area contributed by atoms with E-state index >= 15 is 0 Å². The van der Waals surface area contributed by atoms with Crippen molar-refractivity contribution in [3.8, 4) is 0 Å². The van der Waals surface area contributed by atoms with Crippen LogP contribution in [0.25, 0.3) is 0 Å². The van der Waals surface area contributed by atoms with Crippen LogP contribution in [0.5, 0.6) is 0 Å². The number of hydrogen-bond donors (Lipinski definition) is 0. The summed E-state index contributed by atoms with van der Waals surface area (Å²) in [5.41, 5.74) is 0. The van der Waals surface area contributed by atoms with E-state index in [0.717, 1.165) is 12.8 Å². The topological polar surface area (TPSA) is 23.1 Å². The normalized spacial score (nSPS) is 18.2. The van der Waals surface area contributed by atoms with Gasteiger partial charge in [-0.3, -0.25) is 0 Å². The molecule has 0 atom stereocenters. The third-order valence-corrected chi connectivity index (χ3v) is 13.2. The van der Waals surface area contributed by atoms with Crippen molar-refractivity contribution < 1.29 is 4.42 Å². The maximum atomic E-state index is 14.6. The van der Waals surface area contributed by atoms with Crippen LogP contribution >= 0.6 is 6.75 Å². The minimum absolute atomic E-state index is 0.121. The van der Waals surface area contributed by atoms with E-state index in [0.29, 0.717) is 13.1 Å². The molecule has 4 rings (SSSR count). The second-order valence-electron chi connectivity index (χ2n) is 7.51. The molecular weight excluding hydrogens is 337 g/mol.